The fourth-order valence-corrected chi connectivity index (χ4v) is 4.59. The molecule has 0 aliphatic carbocycles. The van der Waals surface area contributed by atoms with Gasteiger partial charge in [0.05, 0.1) is 30.1 Å². The molecule has 7 heteroatoms. The zero-order chi connectivity index (χ0) is 21.3. The Kier molecular flexibility index (Phi) is 5.74. The first-order valence-corrected chi connectivity index (χ1v) is 10.4. The van der Waals surface area contributed by atoms with Gasteiger partial charge < -0.3 is 24.6 Å². The molecule has 2 N–H and O–H groups in total. The Hall–Kier alpha value is -2.90. The van der Waals surface area contributed by atoms with Crippen LogP contribution in [0.1, 0.15) is 34.7 Å². The second-order valence-corrected chi connectivity index (χ2v) is 7.84. The molecule has 3 aromatic rings. The fourth-order valence-electron chi connectivity index (χ4n) is 4.25. The molecule has 1 aliphatic heterocycles. The van der Waals surface area contributed by atoms with Gasteiger partial charge >= 0.3 is 0 Å². The van der Waals surface area contributed by atoms with Crippen molar-refractivity contribution in [2.24, 2.45) is 0 Å². The van der Waals surface area contributed by atoms with E-state index in [9.17, 15) is 5.11 Å². The highest BCUT2D eigenvalue weighted by Crippen LogP contribution is 2.45. The smallest absolute Gasteiger partial charge is 0.174 e. The molecule has 4 rings (SSSR count). The van der Waals surface area contributed by atoms with E-state index >= 15 is 0 Å². The Labute approximate surface area is 182 Å². The predicted octanol–water partition coefficient (Wildman–Crippen LogP) is 4.03. The SMILES string of the molecule is COCCn1c(C)cc([C@@H]2[C@H](c3ccccn3)NC(=S)N2c2ccccc2O)c1C. The van der Waals surface area contributed by atoms with Crippen LogP contribution in [-0.4, -0.2) is 33.5 Å². The molecular weight excluding hydrogens is 396 g/mol. The molecule has 0 radical (unpaired) electrons. The maximum atomic E-state index is 10.6. The number of phenolic OH excluding ortho intramolecular Hbond substituents is 1. The molecule has 0 saturated carbocycles. The van der Waals surface area contributed by atoms with Crippen molar-refractivity contribution < 1.29 is 9.84 Å². The van der Waals surface area contributed by atoms with Crippen LogP contribution in [0.2, 0.25) is 0 Å². The van der Waals surface area contributed by atoms with E-state index < -0.39 is 0 Å². The minimum atomic E-state index is -0.150. The fraction of sp³-hybridized carbons (Fsp3) is 0.304. The van der Waals surface area contributed by atoms with Crippen LogP contribution >= 0.6 is 12.2 Å². The lowest BCUT2D eigenvalue weighted by Crippen LogP contribution is -2.29. The lowest BCUT2D eigenvalue weighted by molar-refractivity contribution is 0.186. The van der Waals surface area contributed by atoms with E-state index in [0.717, 1.165) is 29.2 Å². The van der Waals surface area contributed by atoms with Gasteiger partial charge in [0.15, 0.2) is 5.11 Å². The van der Waals surface area contributed by atoms with Crippen LogP contribution < -0.4 is 10.2 Å². The molecular formula is C23H26N4O2S. The van der Waals surface area contributed by atoms with Gasteiger partial charge in [0.1, 0.15) is 5.75 Å². The summed E-state index contributed by atoms with van der Waals surface area (Å²) >= 11 is 5.74. The van der Waals surface area contributed by atoms with Crippen molar-refractivity contribution in [3.05, 3.63) is 77.4 Å². The summed E-state index contributed by atoms with van der Waals surface area (Å²) in [6, 6.07) is 15.1. The molecule has 1 saturated heterocycles. The molecule has 0 spiro atoms. The lowest BCUT2D eigenvalue weighted by atomic mass is 9.96. The Morgan fingerprint density at radius 2 is 1.93 bits per heavy atom. The number of nitrogens with zero attached hydrogens (tertiary/aromatic N) is 3. The summed E-state index contributed by atoms with van der Waals surface area (Å²) < 4.78 is 7.56. The summed E-state index contributed by atoms with van der Waals surface area (Å²) in [5, 5.41) is 14.6. The van der Waals surface area contributed by atoms with Gasteiger partial charge in [0.2, 0.25) is 0 Å². The van der Waals surface area contributed by atoms with Crippen LogP contribution in [0.5, 0.6) is 5.75 Å². The third kappa shape index (κ3) is 3.55. The minimum absolute atomic E-state index is 0.144. The van der Waals surface area contributed by atoms with E-state index in [1.165, 1.54) is 0 Å². The van der Waals surface area contributed by atoms with Gasteiger partial charge in [-0.15, -0.1) is 0 Å². The first kappa shape index (κ1) is 20.4. The quantitative estimate of drug-likeness (QED) is 0.585. The number of nitrogens with one attached hydrogen (secondary N) is 1. The van der Waals surface area contributed by atoms with Gasteiger partial charge in [-0.2, -0.15) is 0 Å². The number of ether oxygens (including phenoxy) is 1. The maximum absolute atomic E-state index is 10.6. The molecule has 1 fully saturated rings. The summed E-state index contributed by atoms with van der Waals surface area (Å²) in [6.45, 7) is 5.65. The van der Waals surface area contributed by atoms with Crippen LogP contribution in [0.15, 0.2) is 54.7 Å². The number of methoxy groups -OCH3 is 1. The van der Waals surface area contributed by atoms with E-state index in [2.05, 4.69) is 34.8 Å². The second kappa shape index (κ2) is 8.45. The number of phenols is 1. The third-order valence-corrected chi connectivity index (χ3v) is 6.00. The molecule has 0 amide bonds. The van der Waals surface area contributed by atoms with E-state index in [0.29, 0.717) is 17.4 Å². The number of anilines is 1. The number of para-hydroxylation sites is 2. The van der Waals surface area contributed by atoms with Gasteiger partial charge in [-0.25, -0.2) is 0 Å². The van der Waals surface area contributed by atoms with E-state index in [1.54, 1.807) is 19.4 Å². The van der Waals surface area contributed by atoms with Crippen molar-refractivity contribution >= 4 is 23.0 Å². The van der Waals surface area contributed by atoms with Crippen molar-refractivity contribution in [1.29, 1.82) is 0 Å². The molecule has 6 nitrogen and oxygen atoms in total. The van der Waals surface area contributed by atoms with Crippen molar-refractivity contribution in [3.63, 3.8) is 0 Å². The average molecular weight is 423 g/mol. The van der Waals surface area contributed by atoms with E-state index in [-0.39, 0.29) is 17.8 Å². The monoisotopic (exact) mass is 422 g/mol. The van der Waals surface area contributed by atoms with Gasteiger partial charge in [0.25, 0.3) is 0 Å². The van der Waals surface area contributed by atoms with Gasteiger partial charge in [-0.1, -0.05) is 18.2 Å². The number of pyridine rings is 1. The maximum Gasteiger partial charge on any atom is 0.174 e. The van der Waals surface area contributed by atoms with E-state index in [4.69, 9.17) is 17.0 Å². The number of rotatable bonds is 6. The molecule has 2 aromatic heterocycles. The predicted molar refractivity (Wildman–Crippen MR) is 122 cm³/mol. The number of hydrogen-bond donors (Lipinski definition) is 2. The Morgan fingerprint density at radius 3 is 2.63 bits per heavy atom. The van der Waals surface area contributed by atoms with Crippen LogP contribution in [0.4, 0.5) is 5.69 Å². The van der Waals surface area contributed by atoms with E-state index in [1.807, 2.05) is 41.3 Å². The molecule has 1 aromatic carbocycles. The van der Waals surface area contributed by atoms with Gasteiger partial charge in [-0.3, -0.25) is 4.98 Å². The summed E-state index contributed by atoms with van der Waals surface area (Å²) in [5.74, 6) is 0.196. The molecule has 30 heavy (non-hydrogen) atoms. The van der Waals surface area contributed by atoms with Crippen molar-refractivity contribution in [3.8, 4) is 5.75 Å². The van der Waals surface area contributed by atoms with Gasteiger partial charge in [-0.05, 0) is 62.0 Å². The van der Waals surface area contributed by atoms with Crippen LogP contribution in [0.25, 0.3) is 0 Å². The molecule has 3 heterocycles. The van der Waals surface area contributed by atoms with Crippen molar-refractivity contribution in [2.75, 3.05) is 18.6 Å². The first-order chi connectivity index (χ1) is 14.5. The minimum Gasteiger partial charge on any atom is -0.506 e. The number of aromatic nitrogens is 2. The summed E-state index contributed by atoms with van der Waals surface area (Å²) in [4.78, 5) is 6.60. The zero-order valence-corrected chi connectivity index (χ0v) is 18.2. The van der Waals surface area contributed by atoms with Crippen LogP contribution in [0, 0.1) is 13.8 Å². The topological polar surface area (TPSA) is 62.5 Å². The zero-order valence-electron chi connectivity index (χ0n) is 17.4. The molecule has 0 unspecified atom stereocenters. The van der Waals surface area contributed by atoms with Crippen molar-refractivity contribution in [1.82, 2.24) is 14.9 Å². The highest BCUT2D eigenvalue weighted by molar-refractivity contribution is 7.80. The van der Waals surface area contributed by atoms with Gasteiger partial charge in [0, 0.05) is 31.2 Å². The highest BCUT2D eigenvalue weighted by atomic mass is 32.1. The summed E-state index contributed by atoms with van der Waals surface area (Å²) in [6.07, 6.45) is 1.79. The number of aromatic hydroxyl groups is 1. The standard InChI is InChI=1S/C23H26N4O2S/c1-15-14-17(16(2)26(15)12-13-29-3)22-21(18-8-6-7-11-24-18)25-23(30)27(22)19-9-4-5-10-20(19)28/h4-11,14,21-22,28H,12-13H2,1-3H3,(H,25,30)/t21-,22+/m0/s1. The van der Waals surface area contributed by atoms with Crippen molar-refractivity contribution in [2.45, 2.75) is 32.5 Å². The highest BCUT2D eigenvalue weighted by Gasteiger charge is 2.42. The lowest BCUT2D eigenvalue weighted by Gasteiger charge is -2.28. The Balaban J connectivity index is 1.86. The summed E-state index contributed by atoms with van der Waals surface area (Å²) in [5.41, 5.74) is 5.05. The number of aryl methyl sites for hydroxylation is 1. The molecule has 156 valence electrons. The number of thiocarbonyl (C=S) groups is 1. The number of hydrogen-bond acceptors (Lipinski definition) is 4. The van der Waals surface area contributed by atoms with Crippen LogP contribution in [0.3, 0.4) is 0 Å². The molecule has 0 bridgehead atoms. The average Bonchev–Trinajstić information content (AvgIpc) is 3.23. The Morgan fingerprint density at radius 1 is 1.17 bits per heavy atom. The second-order valence-electron chi connectivity index (χ2n) is 7.46. The van der Waals surface area contributed by atoms with Crippen LogP contribution in [-0.2, 0) is 11.3 Å². The number of benzene rings is 1. The largest absolute Gasteiger partial charge is 0.506 e. The Bertz CT molecular complexity index is 1050. The normalized spacial score (nSPS) is 18.6. The molecule has 2 atom stereocenters. The summed E-state index contributed by atoms with van der Waals surface area (Å²) in [7, 11) is 1.71. The third-order valence-electron chi connectivity index (χ3n) is 5.69. The first-order valence-electron chi connectivity index (χ1n) is 9.97. The molecule has 1 aliphatic rings.